The molecule has 1 amide bonds. The fourth-order valence-corrected chi connectivity index (χ4v) is 4.13. The third-order valence-corrected chi connectivity index (χ3v) is 6.17. The number of amides is 1. The summed E-state index contributed by atoms with van der Waals surface area (Å²) in [4.78, 5) is 20.3. The Bertz CT molecular complexity index is 615. The molecule has 1 saturated heterocycles. The van der Waals surface area contributed by atoms with Crippen molar-refractivity contribution in [2.24, 2.45) is 16.3 Å². The third-order valence-electron chi connectivity index (χ3n) is 5.20. The van der Waals surface area contributed by atoms with Gasteiger partial charge in [-0.15, -0.1) is 11.3 Å². The third kappa shape index (κ3) is 7.09. The van der Waals surface area contributed by atoms with Gasteiger partial charge in [0.2, 0.25) is 5.91 Å². The molecule has 0 bridgehead atoms. The van der Waals surface area contributed by atoms with Crippen LogP contribution in [-0.4, -0.2) is 56.5 Å². The molecule has 7 heteroatoms. The Labute approximate surface area is 174 Å². The Hall–Kier alpha value is -1.60. The fourth-order valence-electron chi connectivity index (χ4n) is 3.27. The second-order valence-electron chi connectivity index (χ2n) is 8.64. The first-order chi connectivity index (χ1) is 13.3. The van der Waals surface area contributed by atoms with Crippen molar-refractivity contribution in [3.8, 4) is 0 Å². The van der Waals surface area contributed by atoms with E-state index in [9.17, 15) is 4.79 Å². The highest BCUT2D eigenvalue weighted by Gasteiger charge is 2.25. The number of aliphatic imine (C=N–C) groups is 1. The minimum atomic E-state index is -0.361. The van der Waals surface area contributed by atoms with Gasteiger partial charge in [-0.05, 0) is 43.3 Å². The maximum Gasteiger partial charge on any atom is 0.225 e. The summed E-state index contributed by atoms with van der Waals surface area (Å²) in [5.74, 6) is 1.66. The summed E-state index contributed by atoms with van der Waals surface area (Å²) in [5, 5.41) is 11.9. The van der Waals surface area contributed by atoms with Gasteiger partial charge in [0, 0.05) is 37.0 Å². The molecule has 3 N–H and O–H groups in total. The molecule has 1 aromatic rings. The summed E-state index contributed by atoms with van der Waals surface area (Å²) in [5.41, 5.74) is -0.361. The molecule has 28 heavy (non-hydrogen) atoms. The maximum atomic E-state index is 11.9. The Morgan fingerprint density at radius 3 is 2.50 bits per heavy atom. The molecule has 2 rings (SSSR count). The number of thiophene rings is 1. The number of nitrogens with one attached hydrogen (secondary N) is 3. The Morgan fingerprint density at radius 1 is 1.25 bits per heavy atom. The van der Waals surface area contributed by atoms with E-state index < -0.39 is 0 Å². The van der Waals surface area contributed by atoms with Crippen molar-refractivity contribution in [2.75, 3.05) is 39.8 Å². The summed E-state index contributed by atoms with van der Waals surface area (Å²) in [6, 6.07) is 4.73. The molecule has 1 aromatic heterocycles. The van der Waals surface area contributed by atoms with Crippen LogP contribution >= 0.6 is 11.3 Å². The van der Waals surface area contributed by atoms with E-state index in [1.54, 1.807) is 7.05 Å². The van der Waals surface area contributed by atoms with E-state index in [2.05, 4.69) is 50.3 Å². The number of rotatable bonds is 7. The molecule has 0 spiro atoms. The van der Waals surface area contributed by atoms with Gasteiger partial charge in [0.15, 0.2) is 5.96 Å². The van der Waals surface area contributed by atoms with E-state index in [4.69, 9.17) is 0 Å². The molecule has 0 radical (unpaired) electrons. The molecule has 1 aliphatic rings. The summed E-state index contributed by atoms with van der Waals surface area (Å²) in [6.07, 6.45) is 2.53. The topological polar surface area (TPSA) is 68.8 Å². The summed E-state index contributed by atoms with van der Waals surface area (Å²) in [7, 11) is 1.78. The standard InChI is InChI=1S/C21H37N5OS/c1-16-8-12-26(13-9-16)17(18-7-6-14-28-18)15-25-20(22-5)24-11-10-23-19(27)21(2,3)4/h6-7,14,16-17H,8-13,15H2,1-5H3,(H,23,27)(H2,22,24,25). The maximum absolute atomic E-state index is 11.9. The minimum absolute atomic E-state index is 0.0642. The average Bonchev–Trinajstić information content (AvgIpc) is 3.18. The van der Waals surface area contributed by atoms with Crippen LogP contribution in [0.2, 0.25) is 0 Å². The van der Waals surface area contributed by atoms with Crippen LogP contribution in [0.15, 0.2) is 22.5 Å². The minimum Gasteiger partial charge on any atom is -0.355 e. The number of guanidine groups is 1. The van der Waals surface area contributed by atoms with Crippen LogP contribution < -0.4 is 16.0 Å². The number of hydrogen-bond acceptors (Lipinski definition) is 4. The predicted molar refractivity (Wildman–Crippen MR) is 119 cm³/mol. The van der Waals surface area contributed by atoms with Crippen molar-refractivity contribution in [2.45, 2.75) is 46.6 Å². The number of carbonyl (C=O) groups is 1. The lowest BCUT2D eigenvalue weighted by molar-refractivity contribution is -0.128. The van der Waals surface area contributed by atoms with Crippen molar-refractivity contribution in [3.05, 3.63) is 22.4 Å². The first kappa shape index (κ1) is 22.7. The highest BCUT2D eigenvalue weighted by Crippen LogP contribution is 2.29. The molecule has 6 nitrogen and oxygen atoms in total. The highest BCUT2D eigenvalue weighted by atomic mass is 32.1. The normalized spacial score (nSPS) is 18.0. The number of hydrogen-bond donors (Lipinski definition) is 3. The van der Waals surface area contributed by atoms with Crippen LogP contribution in [0.5, 0.6) is 0 Å². The Morgan fingerprint density at radius 2 is 1.93 bits per heavy atom. The monoisotopic (exact) mass is 407 g/mol. The molecule has 0 aliphatic carbocycles. The van der Waals surface area contributed by atoms with Crippen molar-refractivity contribution in [1.29, 1.82) is 0 Å². The van der Waals surface area contributed by atoms with Crippen LogP contribution in [0.4, 0.5) is 0 Å². The zero-order chi connectivity index (χ0) is 20.6. The van der Waals surface area contributed by atoms with E-state index >= 15 is 0 Å². The zero-order valence-corrected chi connectivity index (χ0v) is 18.9. The van der Waals surface area contributed by atoms with Gasteiger partial charge < -0.3 is 16.0 Å². The average molecular weight is 408 g/mol. The zero-order valence-electron chi connectivity index (χ0n) is 18.0. The molecular weight excluding hydrogens is 370 g/mol. The fraction of sp³-hybridized carbons (Fsp3) is 0.714. The largest absolute Gasteiger partial charge is 0.355 e. The van der Waals surface area contributed by atoms with Crippen molar-refractivity contribution < 1.29 is 4.79 Å². The van der Waals surface area contributed by atoms with Gasteiger partial charge in [-0.25, -0.2) is 0 Å². The molecule has 1 atom stereocenters. The van der Waals surface area contributed by atoms with Gasteiger partial charge >= 0.3 is 0 Å². The second kappa shape index (κ2) is 10.8. The summed E-state index contributed by atoms with van der Waals surface area (Å²) in [6.45, 7) is 12.4. The van der Waals surface area contributed by atoms with E-state index in [0.717, 1.165) is 31.5 Å². The quantitative estimate of drug-likeness (QED) is 0.369. The second-order valence-corrected chi connectivity index (χ2v) is 9.61. The van der Waals surface area contributed by atoms with Gasteiger partial charge in [-0.2, -0.15) is 0 Å². The van der Waals surface area contributed by atoms with E-state index in [0.29, 0.717) is 19.1 Å². The van der Waals surface area contributed by atoms with E-state index in [1.165, 1.54) is 17.7 Å². The number of nitrogens with zero attached hydrogens (tertiary/aromatic N) is 2. The van der Waals surface area contributed by atoms with Gasteiger partial charge in [0.05, 0.1) is 6.04 Å². The van der Waals surface area contributed by atoms with Gasteiger partial charge in [-0.3, -0.25) is 14.7 Å². The molecule has 2 heterocycles. The predicted octanol–water partition coefficient (Wildman–Crippen LogP) is 2.85. The number of carbonyl (C=O) groups excluding carboxylic acids is 1. The smallest absolute Gasteiger partial charge is 0.225 e. The van der Waals surface area contributed by atoms with Crippen LogP contribution in [0, 0.1) is 11.3 Å². The highest BCUT2D eigenvalue weighted by molar-refractivity contribution is 7.10. The molecule has 1 fully saturated rings. The first-order valence-electron chi connectivity index (χ1n) is 10.3. The van der Waals surface area contributed by atoms with Gasteiger partial charge in [-0.1, -0.05) is 33.8 Å². The lowest BCUT2D eigenvalue weighted by atomic mass is 9.96. The molecular formula is C21H37N5OS. The lowest BCUT2D eigenvalue weighted by Crippen LogP contribution is -2.46. The van der Waals surface area contributed by atoms with E-state index in [-0.39, 0.29) is 11.3 Å². The number of likely N-dealkylation sites (tertiary alicyclic amines) is 1. The Balaban J connectivity index is 1.82. The number of piperidine rings is 1. The molecule has 0 aromatic carbocycles. The van der Waals surface area contributed by atoms with Crippen molar-refractivity contribution in [3.63, 3.8) is 0 Å². The summed E-state index contributed by atoms with van der Waals surface area (Å²) >= 11 is 1.82. The van der Waals surface area contributed by atoms with Crippen LogP contribution in [0.3, 0.4) is 0 Å². The molecule has 0 saturated carbocycles. The molecule has 1 unspecified atom stereocenters. The van der Waals surface area contributed by atoms with Gasteiger partial charge in [0.25, 0.3) is 0 Å². The Kier molecular flexibility index (Phi) is 8.76. The van der Waals surface area contributed by atoms with E-state index in [1.807, 2.05) is 32.1 Å². The van der Waals surface area contributed by atoms with Crippen LogP contribution in [0.1, 0.15) is 51.5 Å². The van der Waals surface area contributed by atoms with Crippen LogP contribution in [0.25, 0.3) is 0 Å². The van der Waals surface area contributed by atoms with Crippen LogP contribution in [-0.2, 0) is 4.79 Å². The molecule has 158 valence electrons. The SMILES string of the molecule is CN=C(NCCNC(=O)C(C)(C)C)NCC(c1cccs1)N1CCC(C)CC1. The summed E-state index contributed by atoms with van der Waals surface area (Å²) < 4.78 is 0. The molecule has 1 aliphatic heterocycles. The van der Waals surface area contributed by atoms with Crippen molar-refractivity contribution in [1.82, 2.24) is 20.9 Å². The van der Waals surface area contributed by atoms with Gasteiger partial charge in [0.1, 0.15) is 0 Å². The lowest BCUT2D eigenvalue weighted by Gasteiger charge is -2.36. The van der Waals surface area contributed by atoms with Crippen molar-refractivity contribution >= 4 is 23.2 Å². The first-order valence-corrected chi connectivity index (χ1v) is 11.2.